The first-order valence-electron chi connectivity index (χ1n) is 7.56. The van der Waals surface area contributed by atoms with Gasteiger partial charge in [0.25, 0.3) is 5.69 Å². The van der Waals surface area contributed by atoms with E-state index in [1.54, 1.807) is 0 Å². The minimum atomic E-state index is -3.61. The molecule has 0 aliphatic carbocycles. The van der Waals surface area contributed by atoms with Gasteiger partial charge < -0.3 is 0 Å². The summed E-state index contributed by atoms with van der Waals surface area (Å²) in [4.78, 5) is 20.5. The number of nitro groups is 1. The van der Waals surface area contributed by atoms with Crippen LogP contribution in [0.4, 0.5) is 5.69 Å². The Balaban J connectivity index is 1.91. The summed E-state index contributed by atoms with van der Waals surface area (Å²) in [6, 6.07) is 14.1. The molecule has 7 nitrogen and oxygen atoms in total. The van der Waals surface area contributed by atoms with Crippen molar-refractivity contribution in [1.29, 1.82) is 0 Å². The number of nitrogens with zero attached hydrogens (tertiary/aromatic N) is 1. The van der Waals surface area contributed by atoms with Gasteiger partial charge in [0.1, 0.15) is 5.60 Å². The highest BCUT2D eigenvalue weighted by molar-refractivity contribution is 7.91. The van der Waals surface area contributed by atoms with Crippen LogP contribution in [0.25, 0.3) is 0 Å². The molecule has 0 N–H and O–H groups in total. The van der Waals surface area contributed by atoms with Gasteiger partial charge in [-0.15, -0.1) is 0 Å². The SMILES string of the molecule is CC(C)(OOCCS(=O)(=O)c1ccc([N+](=O)[O-])cc1)c1ccccc1. The van der Waals surface area contributed by atoms with E-state index in [9.17, 15) is 18.5 Å². The molecular formula is C17H19NO6S. The number of nitro benzene ring substituents is 1. The van der Waals surface area contributed by atoms with Crippen LogP contribution in [-0.2, 0) is 25.2 Å². The first-order valence-corrected chi connectivity index (χ1v) is 9.21. The second-order valence-electron chi connectivity index (χ2n) is 5.85. The zero-order valence-electron chi connectivity index (χ0n) is 13.9. The van der Waals surface area contributed by atoms with Crippen molar-refractivity contribution in [2.24, 2.45) is 0 Å². The molecule has 0 spiro atoms. The first-order chi connectivity index (χ1) is 11.7. The molecule has 134 valence electrons. The van der Waals surface area contributed by atoms with Crippen molar-refractivity contribution < 1.29 is 23.1 Å². The van der Waals surface area contributed by atoms with Crippen LogP contribution >= 0.6 is 0 Å². The summed E-state index contributed by atoms with van der Waals surface area (Å²) in [7, 11) is -3.61. The van der Waals surface area contributed by atoms with Gasteiger partial charge in [0.05, 0.1) is 22.2 Å². The number of hydrogen-bond acceptors (Lipinski definition) is 6. The van der Waals surface area contributed by atoms with Gasteiger partial charge >= 0.3 is 0 Å². The van der Waals surface area contributed by atoms with E-state index in [4.69, 9.17) is 9.78 Å². The van der Waals surface area contributed by atoms with Crippen LogP contribution in [0.2, 0.25) is 0 Å². The average Bonchev–Trinajstić information content (AvgIpc) is 2.60. The number of sulfone groups is 1. The summed E-state index contributed by atoms with van der Waals surface area (Å²) in [5, 5.41) is 10.6. The Morgan fingerprint density at radius 2 is 1.64 bits per heavy atom. The molecule has 0 amide bonds. The van der Waals surface area contributed by atoms with Crippen molar-refractivity contribution in [3.8, 4) is 0 Å². The molecule has 0 aliphatic heterocycles. The fraction of sp³-hybridized carbons (Fsp3) is 0.294. The van der Waals surface area contributed by atoms with E-state index >= 15 is 0 Å². The molecule has 2 aromatic carbocycles. The molecule has 0 atom stereocenters. The molecule has 0 saturated carbocycles. The number of hydrogen-bond donors (Lipinski definition) is 0. The first kappa shape index (κ1) is 19.0. The van der Waals surface area contributed by atoms with Crippen LogP contribution in [0.5, 0.6) is 0 Å². The predicted octanol–water partition coefficient (Wildman–Crippen LogP) is 3.25. The summed E-state index contributed by atoms with van der Waals surface area (Å²) in [5.74, 6) is -0.296. The van der Waals surface area contributed by atoms with E-state index in [-0.39, 0.29) is 22.9 Å². The third-order valence-corrected chi connectivity index (χ3v) is 5.27. The van der Waals surface area contributed by atoms with Crippen LogP contribution < -0.4 is 0 Å². The molecule has 2 aromatic rings. The smallest absolute Gasteiger partial charge is 0.258 e. The van der Waals surface area contributed by atoms with E-state index in [0.717, 1.165) is 17.7 Å². The molecule has 0 fully saturated rings. The third kappa shape index (κ3) is 5.09. The van der Waals surface area contributed by atoms with Gasteiger partial charge in [-0.2, -0.15) is 0 Å². The maximum absolute atomic E-state index is 12.2. The molecule has 0 heterocycles. The molecule has 2 rings (SSSR count). The Morgan fingerprint density at radius 1 is 1.04 bits per heavy atom. The van der Waals surface area contributed by atoms with Gasteiger partial charge in [-0.1, -0.05) is 30.3 Å². The van der Waals surface area contributed by atoms with Gasteiger partial charge in [-0.25, -0.2) is 18.2 Å². The monoisotopic (exact) mass is 365 g/mol. The van der Waals surface area contributed by atoms with Crippen LogP contribution in [-0.4, -0.2) is 25.7 Å². The molecule has 0 saturated heterocycles. The molecule has 0 aromatic heterocycles. The lowest BCUT2D eigenvalue weighted by Gasteiger charge is -2.24. The maximum Gasteiger partial charge on any atom is 0.269 e. The summed E-state index contributed by atoms with van der Waals surface area (Å²) < 4.78 is 24.4. The minimum absolute atomic E-state index is 0.00372. The Bertz CT molecular complexity index is 816. The van der Waals surface area contributed by atoms with Gasteiger partial charge in [0.15, 0.2) is 9.84 Å². The van der Waals surface area contributed by atoms with E-state index in [0.29, 0.717) is 0 Å². The molecule has 0 bridgehead atoms. The molecule has 0 unspecified atom stereocenters. The third-order valence-electron chi connectivity index (χ3n) is 3.58. The fourth-order valence-corrected chi connectivity index (χ4v) is 3.19. The Morgan fingerprint density at radius 3 is 2.20 bits per heavy atom. The van der Waals surface area contributed by atoms with Crippen molar-refractivity contribution in [3.63, 3.8) is 0 Å². The van der Waals surface area contributed by atoms with Crippen molar-refractivity contribution in [2.75, 3.05) is 12.4 Å². The van der Waals surface area contributed by atoms with Gasteiger partial charge in [-0.05, 0) is 31.5 Å². The lowest BCUT2D eigenvalue weighted by atomic mass is 9.99. The standard InChI is InChI=1S/C17H19NO6S/c1-17(2,14-6-4-3-5-7-14)24-23-12-13-25(21,22)16-10-8-15(9-11-16)18(19)20/h3-11H,12-13H2,1-2H3. The predicted molar refractivity (Wildman–Crippen MR) is 91.7 cm³/mol. The highest BCUT2D eigenvalue weighted by Gasteiger charge is 2.23. The summed E-state index contributed by atoms with van der Waals surface area (Å²) in [6.45, 7) is 3.47. The van der Waals surface area contributed by atoms with Crippen molar-refractivity contribution in [1.82, 2.24) is 0 Å². The Hall–Kier alpha value is -2.29. The Kier molecular flexibility index (Phi) is 5.89. The second-order valence-corrected chi connectivity index (χ2v) is 7.96. The summed E-state index contributed by atoms with van der Waals surface area (Å²) in [5.41, 5.74) is 0.00892. The van der Waals surface area contributed by atoms with Crippen molar-refractivity contribution in [2.45, 2.75) is 24.3 Å². The molecule has 0 radical (unpaired) electrons. The lowest BCUT2D eigenvalue weighted by molar-refractivity contribution is -0.384. The van der Waals surface area contributed by atoms with Crippen molar-refractivity contribution >= 4 is 15.5 Å². The van der Waals surface area contributed by atoms with Crippen molar-refractivity contribution in [3.05, 3.63) is 70.3 Å². The summed E-state index contributed by atoms with van der Waals surface area (Å²) >= 11 is 0. The molecule has 8 heteroatoms. The van der Waals surface area contributed by atoms with Gasteiger partial charge in [-0.3, -0.25) is 10.1 Å². The Labute approximate surface area is 146 Å². The van der Waals surface area contributed by atoms with E-state index in [2.05, 4.69) is 0 Å². The highest BCUT2D eigenvalue weighted by atomic mass is 32.2. The quantitative estimate of drug-likeness (QED) is 0.308. The zero-order valence-corrected chi connectivity index (χ0v) is 14.7. The normalized spacial score (nSPS) is 12.1. The maximum atomic E-state index is 12.2. The largest absolute Gasteiger partial charge is 0.269 e. The zero-order chi connectivity index (χ0) is 18.5. The van der Waals surface area contributed by atoms with Gasteiger partial charge in [0.2, 0.25) is 0 Å². The number of non-ortho nitro benzene ring substituents is 1. The molecule has 0 aliphatic rings. The number of benzene rings is 2. The highest BCUT2D eigenvalue weighted by Crippen LogP contribution is 2.24. The van der Waals surface area contributed by atoms with E-state index in [1.807, 2.05) is 44.2 Å². The van der Waals surface area contributed by atoms with Crippen LogP contribution in [0, 0.1) is 10.1 Å². The average molecular weight is 365 g/mol. The lowest BCUT2D eigenvalue weighted by Crippen LogP contribution is -2.23. The van der Waals surface area contributed by atoms with Crippen LogP contribution in [0.15, 0.2) is 59.5 Å². The number of rotatable bonds is 8. The van der Waals surface area contributed by atoms with E-state index in [1.165, 1.54) is 12.1 Å². The fourth-order valence-electron chi connectivity index (χ4n) is 2.11. The topological polar surface area (TPSA) is 95.7 Å². The van der Waals surface area contributed by atoms with Gasteiger partial charge in [0, 0.05) is 12.1 Å². The van der Waals surface area contributed by atoms with E-state index < -0.39 is 20.4 Å². The van der Waals surface area contributed by atoms with Crippen LogP contribution in [0.1, 0.15) is 19.4 Å². The second kappa shape index (κ2) is 7.73. The minimum Gasteiger partial charge on any atom is -0.258 e. The summed E-state index contributed by atoms with van der Waals surface area (Å²) in [6.07, 6.45) is 0. The molecular weight excluding hydrogens is 346 g/mol. The molecule has 25 heavy (non-hydrogen) atoms. The van der Waals surface area contributed by atoms with Crippen LogP contribution in [0.3, 0.4) is 0 Å².